The zero-order valence-electron chi connectivity index (χ0n) is 15.2. The second-order valence-electron chi connectivity index (χ2n) is 6.14. The maximum absolute atomic E-state index is 12.8. The number of nitrogens with zero attached hydrogens (tertiary/aromatic N) is 4. The quantitative estimate of drug-likeness (QED) is 0.595. The average molecular weight is 431 g/mol. The first kappa shape index (κ1) is 18.9. The molecule has 4 rings (SSSR count). The van der Waals surface area contributed by atoms with Gasteiger partial charge in [0.1, 0.15) is 0 Å². The fourth-order valence-corrected chi connectivity index (χ4v) is 4.46. The standard InChI is InChI=1S/C20H16Cl2N4OS/c1-3-23-20-26(17(11-28-20)13-9-8-12(21)10-15(13)22)24-18-14-6-4-5-7-16(14)25(2)19(18)27/h4-11H,3H2,1-2H3. The van der Waals surface area contributed by atoms with E-state index in [4.69, 9.17) is 28.3 Å². The number of hydrogen-bond acceptors (Lipinski definition) is 4. The van der Waals surface area contributed by atoms with Gasteiger partial charge in [-0.05, 0) is 31.2 Å². The first-order valence-corrected chi connectivity index (χ1v) is 10.3. The predicted octanol–water partition coefficient (Wildman–Crippen LogP) is 4.67. The van der Waals surface area contributed by atoms with Gasteiger partial charge in [-0.25, -0.2) is 4.68 Å². The van der Waals surface area contributed by atoms with Gasteiger partial charge >= 0.3 is 0 Å². The van der Waals surface area contributed by atoms with Crippen molar-refractivity contribution in [1.29, 1.82) is 0 Å². The summed E-state index contributed by atoms with van der Waals surface area (Å²) >= 11 is 13.9. The molecule has 0 unspecified atom stereocenters. The number of amides is 1. The van der Waals surface area contributed by atoms with Crippen LogP contribution in [0.25, 0.3) is 11.3 Å². The summed E-state index contributed by atoms with van der Waals surface area (Å²) in [5, 5.41) is 7.72. The third kappa shape index (κ3) is 3.17. The van der Waals surface area contributed by atoms with Crippen LogP contribution in [0.2, 0.25) is 10.0 Å². The summed E-state index contributed by atoms with van der Waals surface area (Å²) < 4.78 is 1.69. The number of rotatable bonds is 3. The van der Waals surface area contributed by atoms with Crippen LogP contribution in [0.1, 0.15) is 12.5 Å². The molecule has 0 spiro atoms. The summed E-state index contributed by atoms with van der Waals surface area (Å²) in [5.41, 5.74) is 3.54. The van der Waals surface area contributed by atoms with E-state index in [1.165, 1.54) is 11.3 Å². The molecule has 8 heteroatoms. The van der Waals surface area contributed by atoms with Gasteiger partial charge in [0.2, 0.25) is 4.80 Å². The van der Waals surface area contributed by atoms with E-state index < -0.39 is 0 Å². The van der Waals surface area contributed by atoms with Gasteiger partial charge in [-0.1, -0.05) is 41.4 Å². The van der Waals surface area contributed by atoms with Gasteiger partial charge in [-0.15, -0.1) is 11.3 Å². The smallest absolute Gasteiger partial charge is 0.279 e. The lowest BCUT2D eigenvalue weighted by Gasteiger charge is -2.08. The Morgan fingerprint density at radius 1 is 1.11 bits per heavy atom. The number of anilines is 1. The van der Waals surface area contributed by atoms with Crippen LogP contribution >= 0.6 is 34.5 Å². The highest BCUT2D eigenvalue weighted by molar-refractivity contribution is 7.07. The number of hydrogen-bond donors (Lipinski definition) is 0. The van der Waals surface area contributed by atoms with Gasteiger partial charge in [-0.2, -0.15) is 5.10 Å². The molecule has 0 fully saturated rings. The van der Waals surface area contributed by atoms with E-state index >= 15 is 0 Å². The van der Waals surface area contributed by atoms with Crippen molar-refractivity contribution < 1.29 is 4.79 Å². The molecule has 1 aromatic heterocycles. The molecule has 28 heavy (non-hydrogen) atoms. The summed E-state index contributed by atoms with van der Waals surface area (Å²) in [7, 11) is 1.75. The predicted molar refractivity (Wildman–Crippen MR) is 116 cm³/mol. The van der Waals surface area contributed by atoms with Crippen LogP contribution in [-0.4, -0.2) is 29.9 Å². The second-order valence-corrected chi connectivity index (χ2v) is 7.82. The first-order valence-electron chi connectivity index (χ1n) is 8.64. The summed E-state index contributed by atoms with van der Waals surface area (Å²) in [6.45, 7) is 2.56. The summed E-state index contributed by atoms with van der Waals surface area (Å²) in [4.78, 5) is 19.6. The van der Waals surface area contributed by atoms with Gasteiger partial charge in [-0.3, -0.25) is 9.79 Å². The largest absolute Gasteiger partial charge is 0.309 e. The van der Waals surface area contributed by atoms with Crippen LogP contribution in [0.5, 0.6) is 0 Å². The molecule has 3 aromatic rings. The van der Waals surface area contributed by atoms with Crippen molar-refractivity contribution in [3.63, 3.8) is 0 Å². The lowest BCUT2D eigenvalue weighted by molar-refractivity contribution is -0.112. The summed E-state index contributed by atoms with van der Waals surface area (Å²) in [6, 6.07) is 12.9. The van der Waals surface area contributed by atoms with Crippen molar-refractivity contribution in [3.8, 4) is 11.3 Å². The Labute approximate surface area is 176 Å². The number of likely N-dealkylation sites (N-methyl/N-ethyl adjacent to an activating group) is 1. The Hall–Kier alpha value is -2.41. The van der Waals surface area contributed by atoms with Crippen molar-refractivity contribution in [2.75, 3.05) is 18.5 Å². The molecule has 0 aliphatic carbocycles. The van der Waals surface area contributed by atoms with Crippen LogP contribution in [0, 0.1) is 0 Å². The highest BCUT2D eigenvalue weighted by Crippen LogP contribution is 2.32. The minimum absolute atomic E-state index is 0.157. The maximum Gasteiger partial charge on any atom is 0.279 e. The lowest BCUT2D eigenvalue weighted by atomic mass is 10.1. The molecule has 0 atom stereocenters. The van der Waals surface area contributed by atoms with Gasteiger partial charge < -0.3 is 4.90 Å². The molecule has 0 saturated heterocycles. The van der Waals surface area contributed by atoms with E-state index in [1.807, 2.05) is 42.6 Å². The van der Waals surface area contributed by atoms with Crippen molar-refractivity contribution in [2.24, 2.45) is 10.1 Å². The van der Waals surface area contributed by atoms with Crippen LogP contribution in [0.3, 0.4) is 0 Å². The number of para-hydroxylation sites is 1. The highest BCUT2D eigenvalue weighted by Gasteiger charge is 2.31. The van der Waals surface area contributed by atoms with Gasteiger partial charge in [0.15, 0.2) is 5.71 Å². The minimum atomic E-state index is -0.157. The zero-order valence-corrected chi connectivity index (χ0v) is 17.5. The Morgan fingerprint density at radius 2 is 1.89 bits per heavy atom. The third-order valence-corrected chi connectivity index (χ3v) is 5.82. The normalized spacial score (nSPS) is 15.6. The van der Waals surface area contributed by atoms with Gasteiger partial charge in [0.25, 0.3) is 5.91 Å². The summed E-state index contributed by atoms with van der Waals surface area (Å²) in [6.07, 6.45) is 0. The molecule has 0 N–H and O–H groups in total. The molecule has 5 nitrogen and oxygen atoms in total. The lowest BCUT2D eigenvalue weighted by Crippen LogP contribution is -2.27. The zero-order chi connectivity index (χ0) is 19.8. The van der Waals surface area contributed by atoms with E-state index in [0.717, 1.165) is 22.5 Å². The molecular formula is C20H16Cl2N4OS. The minimum Gasteiger partial charge on any atom is -0.309 e. The molecule has 0 radical (unpaired) electrons. The highest BCUT2D eigenvalue weighted by atomic mass is 35.5. The molecule has 0 saturated carbocycles. The topological polar surface area (TPSA) is 50.0 Å². The Kier molecular flexibility index (Phi) is 5.10. The number of carbonyl (C=O) groups excluding carboxylic acids is 1. The number of thiazole rings is 1. The van der Waals surface area contributed by atoms with Gasteiger partial charge in [0.05, 0.1) is 16.4 Å². The van der Waals surface area contributed by atoms with E-state index in [-0.39, 0.29) is 5.91 Å². The number of aromatic nitrogens is 1. The van der Waals surface area contributed by atoms with Crippen LogP contribution in [0.4, 0.5) is 5.69 Å². The molecule has 1 aliphatic rings. The maximum atomic E-state index is 12.8. The molecular weight excluding hydrogens is 415 g/mol. The van der Waals surface area contributed by atoms with E-state index in [0.29, 0.717) is 27.1 Å². The Morgan fingerprint density at radius 3 is 2.64 bits per heavy atom. The first-order chi connectivity index (χ1) is 13.5. The van der Waals surface area contributed by atoms with E-state index in [2.05, 4.69) is 4.99 Å². The summed E-state index contributed by atoms with van der Waals surface area (Å²) in [5.74, 6) is -0.157. The number of halogens is 2. The molecule has 142 valence electrons. The molecule has 1 aliphatic heterocycles. The third-order valence-electron chi connectivity index (χ3n) is 4.41. The fourth-order valence-electron chi connectivity index (χ4n) is 3.07. The van der Waals surface area contributed by atoms with Crippen molar-refractivity contribution >= 4 is 51.8 Å². The van der Waals surface area contributed by atoms with Gasteiger partial charge in [0, 0.05) is 35.1 Å². The van der Waals surface area contributed by atoms with Crippen LogP contribution in [0.15, 0.2) is 57.9 Å². The number of benzene rings is 2. The van der Waals surface area contributed by atoms with E-state index in [9.17, 15) is 4.79 Å². The van der Waals surface area contributed by atoms with Crippen molar-refractivity contribution in [2.45, 2.75) is 6.92 Å². The Bertz CT molecular complexity index is 1180. The van der Waals surface area contributed by atoms with Crippen molar-refractivity contribution in [3.05, 3.63) is 68.3 Å². The van der Waals surface area contributed by atoms with Crippen LogP contribution < -0.4 is 9.70 Å². The molecule has 1 amide bonds. The second kappa shape index (κ2) is 7.54. The SMILES string of the molecule is CCN=c1scc(-c2ccc(Cl)cc2Cl)n1N=C1C(=O)N(C)c2ccccc21. The average Bonchev–Trinajstić information content (AvgIpc) is 3.17. The molecule has 0 bridgehead atoms. The Balaban J connectivity index is 1.96. The van der Waals surface area contributed by atoms with E-state index in [1.54, 1.807) is 28.8 Å². The van der Waals surface area contributed by atoms with Crippen LogP contribution in [-0.2, 0) is 4.79 Å². The fraction of sp³-hybridized carbons (Fsp3) is 0.150. The number of carbonyl (C=O) groups is 1. The van der Waals surface area contributed by atoms with Crippen molar-refractivity contribution in [1.82, 2.24) is 4.68 Å². The molecule has 2 aromatic carbocycles. The molecule has 2 heterocycles. The monoisotopic (exact) mass is 430 g/mol. The number of fused-ring (bicyclic) bond motifs is 1.